The fourth-order valence-electron chi connectivity index (χ4n) is 2.44. The zero-order valence-electron chi connectivity index (χ0n) is 11.7. The Bertz CT molecular complexity index is 637. The van der Waals surface area contributed by atoms with Crippen molar-refractivity contribution in [3.8, 4) is 5.75 Å². The van der Waals surface area contributed by atoms with Crippen LogP contribution in [0.25, 0.3) is 0 Å². The van der Waals surface area contributed by atoms with E-state index in [0.29, 0.717) is 6.61 Å². The van der Waals surface area contributed by atoms with Crippen LogP contribution >= 0.6 is 11.3 Å². The van der Waals surface area contributed by atoms with Gasteiger partial charge in [0.15, 0.2) is 0 Å². The van der Waals surface area contributed by atoms with Gasteiger partial charge >= 0.3 is 0 Å². The molecule has 0 saturated heterocycles. The van der Waals surface area contributed by atoms with Gasteiger partial charge in [-0.05, 0) is 35.4 Å². The molecular formula is C16H17NO3S. The van der Waals surface area contributed by atoms with Gasteiger partial charge in [0, 0.05) is 5.56 Å². The standard InChI is InChI=1S/C16H17NO3S/c1-16(19,11-6-7-21-9-11)10-17-15(18)13-8-20-14-5-3-2-4-12(13)14/h2-7,9,13,19H,8,10H2,1H3,(H,17,18)/t13-,16+/m0/s1. The second-order valence-electron chi connectivity index (χ2n) is 5.41. The number of para-hydroxylation sites is 1. The number of rotatable bonds is 4. The fraction of sp³-hybridized carbons (Fsp3) is 0.312. The van der Waals surface area contributed by atoms with Gasteiger partial charge in [0.25, 0.3) is 0 Å². The highest BCUT2D eigenvalue weighted by Crippen LogP contribution is 2.33. The third-order valence-electron chi connectivity index (χ3n) is 3.77. The molecule has 1 aromatic heterocycles. The van der Waals surface area contributed by atoms with E-state index in [1.807, 2.05) is 41.1 Å². The molecule has 21 heavy (non-hydrogen) atoms. The van der Waals surface area contributed by atoms with E-state index in [9.17, 15) is 9.90 Å². The van der Waals surface area contributed by atoms with Gasteiger partial charge in [0.1, 0.15) is 23.9 Å². The summed E-state index contributed by atoms with van der Waals surface area (Å²) < 4.78 is 5.51. The lowest BCUT2D eigenvalue weighted by Gasteiger charge is -2.23. The van der Waals surface area contributed by atoms with E-state index in [1.165, 1.54) is 11.3 Å². The van der Waals surface area contributed by atoms with Crippen LogP contribution in [0.15, 0.2) is 41.1 Å². The summed E-state index contributed by atoms with van der Waals surface area (Å²) in [7, 11) is 0. The van der Waals surface area contributed by atoms with Gasteiger partial charge in [0.2, 0.25) is 5.91 Å². The molecule has 3 rings (SSSR count). The molecule has 0 bridgehead atoms. The molecule has 0 aliphatic carbocycles. The van der Waals surface area contributed by atoms with Gasteiger partial charge in [-0.2, -0.15) is 11.3 Å². The molecule has 2 aromatic rings. The third-order valence-corrected chi connectivity index (χ3v) is 4.45. The van der Waals surface area contributed by atoms with E-state index in [4.69, 9.17) is 4.74 Å². The average molecular weight is 303 g/mol. The zero-order chi connectivity index (χ0) is 14.9. The molecule has 0 saturated carbocycles. The van der Waals surface area contributed by atoms with Crippen LogP contribution in [0.5, 0.6) is 5.75 Å². The van der Waals surface area contributed by atoms with E-state index in [2.05, 4.69) is 5.32 Å². The van der Waals surface area contributed by atoms with Crippen molar-refractivity contribution >= 4 is 17.2 Å². The van der Waals surface area contributed by atoms with E-state index >= 15 is 0 Å². The lowest BCUT2D eigenvalue weighted by atomic mass is 9.97. The summed E-state index contributed by atoms with van der Waals surface area (Å²) in [6.45, 7) is 2.24. The zero-order valence-corrected chi connectivity index (χ0v) is 12.5. The number of ether oxygens (including phenoxy) is 1. The Hall–Kier alpha value is -1.85. The lowest BCUT2D eigenvalue weighted by Crippen LogP contribution is -2.40. The van der Waals surface area contributed by atoms with Crippen LogP contribution in [0, 0.1) is 0 Å². The van der Waals surface area contributed by atoms with Crippen LogP contribution in [0.4, 0.5) is 0 Å². The number of hydrogen-bond donors (Lipinski definition) is 2. The Labute approximate surface area is 127 Å². The molecule has 0 spiro atoms. The normalized spacial score (nSPS) is 19.4. The number of carbonyl (C=O) groups is 1. The van der Waals surface area contributed by atoms with Crippen molar-refractivity contribution in [2.45, 2.75) is 18.4 Å². The fourth-order valence-corrected chi connectivity index (χ4v) is 3.22. The van der Waals surface area contributed by atoms with Gasteiger partial charge in [-0.15, -0.1) is 0 Å². The minimum absolute atomic E-state index is 0.115. The molecule has 2 atom stereocenters. The first-order valence-electron chi connectivity index (χ1n) is 6.82. The Morgan fingerprint density at radius 1 is 1.48 bits per heavy atom. The van der Waals surface area contributed by atoms with Crippen molar-refractivity contribution in [1.82, 2.24) is 5.32 Å². The molecule has 1 aromatic carbocycles. The highest BCUT2D eigenvalue weighted by atomic mass is 32.1. The first kappa shape index (κ1) is 14.1. The predicted octanol–water partition coefficient (Wildman–Crippen LogP) is 2.25. The van der Waals surface area contributed by atoms with Gasteiger partial charge < -0.3 is 15.2 Å². The van der Waals surface area contributed by atoms with E-state index in [-0.39, 0.29) is 18.4 Å². The van der Waals surface area contributed by atoms with Crippen molar-refractivity contribution in [2.24, 2.45) is 0 Å². The van der Waals surface area contributed by atoms with Gasteiger partial charge in [-0.1, -0.05) is 18.2 Å². The molecular weight excluding hydrogens is 286 g/mol. The maximum Gasteiger partial charge on any atom is 0.231 e. The smallest absolute Gasteiger partial charge is 0.231 e. The number of fused-ring (bicyclic) bond motifs is 1. The summed E-state index contributed by atoms with van der Waals surface area (Å²) in [5.41, 5.74) is 0.662. The van der Waals surface area contributed by atoms with Crippen molar-refractivity contribution in [2.75, 3.05) is 13.2 Å². The molecule has 2 heterocycles. The maximum atomic E-state index is 12.3. The molecule has 1 aliphatic heterocycles. The summed E-state index contributed by atoms with van der Waals surface area (Å²) in [6, 6.07) is 9.42. The quantitative estimate of drug-likeness (QED) is 0.911. The summed E-state index contributed by atoms with van der Waals surface area (Å²) >= 11 is 1.52. The molecule has 5 heteroatoms. The van der Waals surface area contributed by atoms with Crippen molar-refractivity contribution in [3.63, 3.8) is 0 Å². The number of carbonyl (C=O) groups excluding carboxylic acids is 1. The first-order valence-corrected chi connectivity index (χ1v) is 7.77. The van der Waals surface area contributed by atoms with Crippen LogP contribution < -0.4 is 10.1 Å². The Balaban J connectivity index is 1.66. The van der Waals surface area contributed by atoms with Crippen LogP contribution in [-0.2, 0) is 10.4 Å². The van der Waals surface area contributed by atoms with Gasteiger partial charge in [-0.3, -0.25) is 4.79 Å². The molecule has 4 nitrogen and oxygen atoms in total. The van der Waals surface area contributed by atoms with Crippen LogP contribution in [-0.4, -0.2) is 24.2 Å². The Kier molecular flexibility index (Phi) is 3.69. The summed E-state index contributed by atoms with van der Waals surface area (Å²) in [6.07, 6.45) is 0. The topological polar surface area (TPSA) is 58.6 Å². The van der Waals surface area contributed by atoms with E-state index in [0.717, 1.165) is 16.9 Å². The summed E-state index contributed by atoms with van der Waals surface area (Å²) in [5, 5.41) is 17.1. The summed E-state index contributed by atoms with van der Waals surface area (Å²) in [4.78, 5) is 12.3. The monoisotopic (exact) mass is 303 g/mol. The Morgan fingerprint density at radius 3 is 3.05 bits per heavy atom. The minimum atomic E-state index is -1.06. The van der Waals surface area contributed by atoms with Crippen molar-refractivity contribution in [3.05, 3.63) is 52.2 Å². The number of nitrogens with one attached hydrogen (secondary N) is 1. The highest BCUT2D eigenvalue weighted by molar-refractivity contribution is 7.08. The summed E-state index contributed by atoms with van der Waals surface area (Å²) in [5.74, 6) is 0.345. The number of amides is 1. The molecule has 0 radical (unpaired) electrons. The maximum absolute atomic E-state index is 12.3. The van der Waals surface area contributed by atoms with Crippen LogP contribution in [0.2, 0.25) is 0 Å². The van der Waals surface area contributed by atoms with Crippen LogP contribution in [0.3, 0.4) is 0 Å². The molecule has 1 aliphatic rings. The van der Waals surface area contributed by atoms with Gasteiger partial charge in [0.05, 0.1) is 6.54 Å². The lowest BCUT2D eigenvalue weighted by molar-refractivity contribution is -0.124. The van der Waals surface area contributed by atoms with Gasteiger partial charge in [-0.25, -0.2) is 0 Å². The molecule has 1 amide bonds. The number of benzene rings is 1. The number of aliphatic hydroxyl groups is 1. The van der Waals surface area contributed by atoms with Crippen LogP contribution in [0.1, 0.15) is 24.0 Å². The SMILES string of the molecule is C[C@@](O)(CNC(=O)[C@H]1COc2ccccc21)c1ccsc1. The Morgan fingerprint density at radius 2 is 2.29 bits per heavy atom. The third kappa shape index (κ3) is 2.80. The first-order chi connectivity index (χ1) is 10.1. The number of hydrogen-bond acceptors (Lipinski definition) is 4. The second-order valence-corrected chi connectivity index (χ2v) is 6.19. The number of thiophene rings is 1. The molecule has 2 N–H and O–H groups in total. The highest BCUT2D eigenvalue weighted by Gasteiger charge is 2.32. The minimum Gasteiger partial charge on any atom is -0.492 e. The molecule has 110 valence electrons. The van der Waals surface area contributed by atoms with Crippen molar-refractivity contribution in [1.29, 1.82) is 0 Å². The predicted molar refractivity (Wildman–Crippen MR) is 81.6 cm³/mol. The largest absolute Gasteiger partial charge is 0.492 e. The second kappa shape index (κ2) is 5.50. The van der Waals surface area contributed by atoms with Crippen molar-refractivity contribution < 1.29 is 14.6 Å². The van der Waals surface area contributed by atoms with E-state index < -0.39 is 5.60 Å². The van der Waals surface area contributed by atoms with E-state index in [1.54, 1.807) is 6.92 Å². The molecule has 0 fully saturated rings. The average Bonchev–Trinajstić information content (AvgIpc) is 3.14. The molecule has 0 unspecified atom stereocenters.